The highest BCUT2D eigenvalue weighted by Gasteiger charge is 2.00. The van der Waals surface area contributed by atoms with Gasteiger partial charge in [-0.1, -0.05) is 0 Å². The van der Waals surface area contributed by atoms with E-state index in [0.29, 0.717) is 0 Å². The minimum atomic E-state index is 0.729. The van der Waals surface area contributed by atoms with Gasteiger partial charge in [0.1, 0.15) is 5.82 Å². The first-order valence-electron chi connectivity index (χ1n) is 3.75. The quantitative estimate of drug-likeness (QED) is 0.710. The van der Waals surface area contributed by atoms with Crippen molar-refractivity contribution in [3.05, 3.63) is 17.2 Å². The third kappa shape index (κ3) is 2.05. The maximum absolute atomic E-state index is 4.93. The highest BCUT2D eigenvalue weighted by Crippen LogP contribution is 2.02. The highest BCUT2D eigenvalue weighted by atomic mass is 16.5. The van der Waals surface area contributed by atoms with Crippen molar-refractivity contribution in [2.24, 2.45) is 0 Å². The molecule has 0 atom stereocenters. The van der Waals surface area contributed by atoms with E-state index in [1.807, 2.05) is 13.8 Å². The molecule has 0 unspecified atom stereocenters. The van der Waals surface area contributed by atoms with E-state index in [1.54, 1.807) is 7.11 Å². The van der Waals surface area contributed by atoms with E-state index in [9.17, 15) is 0 Å². The Morgan fingerprint density at radius 2 is 2.18 bits per heavy atom. The molecule has 0 fully saturated rings. The first-order valence-corrected chi connectivity index (χ1v) is 3.75. The Morgan fingerprint density at radius 3 is 2.64 bits per heavy atom. The van der Waals surface area contributed by atoms with Gasteiger partial charge in [0, 0.05) is 19.2 Å². The molecule has 3 nitrogen and oxygen atoms in total. The average molecular weight is 154 g/mol. The van der Waals surface area contributed by atoms with Crippen molar-refractivity contribution in [2.75, 3.05) is 13.7 Å². The van der Waals surface area contributed by atoms with Crippen molar-refractivity contribution in [2.45, 2.75) is 20.3 Å². The SMILES string of the molecule is COCCc1nc(C)c(C)[nH]1. The number of imidazole rings is 1. The molecule has 1 rings (SSSR count). The summed E-state index contributed by atoms with van der Waals surface area (Å²) >= 11 is 0. The van der Waals surface area contributed by atoms with Crippen molar-refractivity contribution in [3.63, 3.8) is 0 Å². The minimum absolute atomic E-state index is 0.729. The summed E-state index contributed by atoms with van der Waals surface area (Å²) in [5.74, 6) is 1.02. The van der Waals surface area contributed by atoms with Crippen LogP contribution in [0.15, 0.2) is 0 Å². The zero-order valence-electron chi connectivity index (χ0n) is 7.27. The second-order valence-electron chi connectivity index (χ2n) is 2.64. The van der Waals surface area contributed by atoms with E-state index in [4.69, 9.17) is 4.74 Å². The number of aromatic amines is 1. The Bertz CT molecular complexity index is 210. The normalized spacial score (nSPS) is 10.5. The van der Waals surface area contributed by atoms with E-state index < -0.39 is 0 Å². The number of methoxy groups -OCH3 is 1. The molecule has 0 aromatic carbocycles. The smallest absolute Gasteiger partial charge is 0.108 e. The summed E-state index contributed by atoms with van der Waals surface area (Å²) in [6, 6.07) is 0. The van der Waals surface area contributed by atoms with Gasteiger partial charge in [-0.25, -0.2) is 4.98 Å². The molecule has 0 aliphatic carbocycles. The third-order valence-corrected chi connectivity index (χ3v) is 1.72. The van der Waals surface area contributed by atoms with Gasteiger partial charge in [0.25, 0.3) is 0 Å². The van der Waals surface area contributed by atoms with Crippen LogP contribution >= 0.6 is 0 Å². The van der Waals surface area contributed by atoms with Gasteiger partial charge in [0.05, 0.1) is 12.3 Å². The van der Waals surface area contributed by atoms with E-state index in [-0.39, 0.29) is 0 Å². The van der Waals surface area contributed by atoms with Gasteiger partial charge in [0.2, 0.25) is 0 Å². The van der Waals surface area contributed by atoms with Crippen LogP contribution in [0, 0.1) is 13.8 Å². The number of hydrogen-bond donors (Lipinski definition) is 1. The van der Waals surface area contributed by atoms with Gasteiger partial charge < -0.3 is 9.72 Å². The largest absolute Gasteiger partial charge is 0.384 e. The van der Waals surface area contributed by atoms with Crippen molar-refractivity contribution in [1.29, 1.82) is 0 Å². The molecule has 1 aromatic heterocycles. The second kappa shape index (κ2) is 3.53. The Morgan fingerprint density at radius 1 is 1.45 bits per heavy atom. The fraction of sp³-hybridized carbons (Fsp3) is 0.625. The number of hydrogen-bond acceptors (Lipinski definition) is 2. The number of ether oxygens (including phenoxy) is 1. The lowest BCUT2D eigenvalue weighted by atomic mass is 10.4. The summed E-state index contributed by atoms with van der Waals surface area (Å²) in [6.45, 7) is 4.76. The van der Waals surface area contributed by atoms with Crippen molar-refractivity contribution in [1.82, 2.24) is 9.97 Å². The van der Waals surface area contributed by atoms with Gasteiger partial charge in [-0.15, -0.1) is 0 Å². The molecule has 1 heterocycles. The second-order valence-corrected chi connectivity index (χ2v) is 2.64. The molecule has 0 saturated carbocycles. The van der Waals surface area contributed by atoms with Crippen molar-refractivity contribution < 1.29 is 4.74 Å². The molecule has 1 N–H and O–H groups in total. The molecule has 62 valence electrons. The Hall–Kier alpha value is -0.830. The van der Waals surface area contributed by atoms with E-state index in [0.717, 1.165) is 30.2 Å². The maximum Gasteiger partial charge on any atom is 0.108 e. The summed E-state index contributed by atoms with van der Waals surface area (Å²) in [5.41, 5.74) is 2.23. The minimum Gasteiger partial charge on any atom is -0.384 e. The van der Waals surface area contributed by atoms with Crippen LogP contribution in [0.4, 0.5) is 0 Å². The highest BCUT2D eigenvalue weighted by molar-refractivity contribution is 5.10. The predicted molar refractivity (Wildman–Crippen MR) is 43.6 cm³/mol. The third-order valence-electron chi connectivity index (χ3n) is 1.72. The van der Waals surface area contributed by atoms with Gasteiger partial charge in [-0.3, -0.25) is 0 Å². The monoisotopic (exact) mass is 154 g/mol. The number of nitrogens with one attached hydrogen (secondary N) is 1. The standard InChI is InChI=1S/C8H14N2O/c1-6-7(2)10-8(9-6)4-5-11-3/h4-5H2,1-3H3,(H,9,10). The van der Waals surface area contributed by atoms with Crippen LogP contribution in [0.3, 0.4) is 0 Å². The van der Waals surface area contributed by atoms with Crippen LogP contribution in [-0.2, 0) is 11.2 Å². The Labute approximate surface area is 66.8 Å². The van der Waals surface area contributed by atoms with Crippen LogP contribution in [-0.4, -0.2) is 23.7 Å². The maximum atomic E-state index is 4.93. The molecule has 0 aliphatic heterocycles. The molecular formula is C8H14N2O. The van der Waals surface area contributed by atoms with Crippen LogP contribution in [0.2, 0.25) is 0 Å². The van der Waals surface area contributed by atoms with Crippen LogP contribution in [0.25, 0.3) is 0 Å². The van der Waals surface area contributed by atoms with E-state index >= 15 is 0 Å². The summed E-state index contributed by atoms with van der Waals surface area (Å²) in [5, 5.41) is 0. The van der Waals surface area contributed by atoms with Crippen LogP contribution < -0.4 is 0 Å². The molecule has 0 aliphatic rings. The van der Waals surface area contributed by atoms with E-state index in [1.165, 1.54) is 0 Å². The van der Waals surface area contributed by atoms with Gasteiger partial charge in [-0.2, -0.15) is 0 Å². The average Bonchev–Trinajstić information content (AvgIpc) is 2.28. The Kier molecular flexibility index (Phi) is 2.65. The fourth-order valence-electron chi connectivity index (χ4n) is 0.938. The molecule has 3 heteroatoms. The first kappa shape index (κ1) is 8.27. The topological polar surface area (TPSA) is 37.9 Å². The molecule has 0 amide bonds. The van der Waals surface area contributed by atoms with Crippen molar-refractivity contribution >= 4 is 0 Å². The summed E-state index contributed by atoms with van der Waals surface area (Å²) in [7, 11) is 1.70. The number of nitrogens with zero attached hydrogens (tertiary/aromatic N) is 1. The van der Waals surface area contributed by atoms with Gasteiger partial charge in [-0.05, 0) is 13.8 Å². The number of rotatable bonds is 3. The molecule has 0 radical (unpaired) electrons. The zero-order chi connectivity index (χ0) is 8.27. The lowest BCUT2D eigenvalue weighted by Gasteiger charge is -1.93. The summed E-state index contributed by atoms with van der Waals surface area (Å²) in [6.07, 6.45) is 0.866. The number of aryl methyl sites for hydroxylation is 2. The molecule has 0 spiro atoms. The lowest BCUT2D eigenvalue weighted by Crippen LogP contribution is -1.96. The summed E-state index contributed by atoms with van der Waals surface area (Å²) in [4.78, 5) is 7.50. The van der Waals surface area contributed by atoms with Gasteiger partial charge >= 0.3 is 0 Å². The predicted octanol–water partition coefficient (Wildman–Crippen LogP) is 1.22. The van der Waals surface area contributed by atoms with Gasteiger partial charge in [0.15, 0.2) is 0 Å². The first-order chi connectivity index (χ1) is 5.24. The molecule has 1 aromatic rings. The van der Waals surface area contributed by atoms with Crippen molar-refractivity contribution in [3.8, 4) is 0 Å². The Balaban J connectivity index is 2.58. The number of aromatic nitrogens is 2. The van der Waals surface area contributed by atoms with E-state index in [2.05, 4.69) is 9.97 Å². The van der Waals surface area contributed by atoms with Crippen LogP contribution in [0.1, 0.15) is 17.2 Å². The molecule has 0 saturated heterocycles. The number of H-pyrrole nitrogens is 1. The zero-order valence-corrected chi connectivity index (χ0v) is 7.27. The fourth-order valence-corrected chi connectivity index (χ4v) is 0.938. The summed E-state index contributed by atoms with van der Waals surface area (Å²) < 4.78 is 4.93. The molecule has 11 heavy (non-hydrogen) atoms. The molecular weight excluding hydrogens is 140 g/mol. The lowest BCUT2D eigenvalue weighted by molar-refractivity contribution is 0.200. The van der Waals surface area contributed by atoms with Crippen LogP contribution in [0.5, 0.6) is 0 Å². The molecule has 0 bridgehead atoms.